The zero-order valence-corrected chi connectivity index (χ0v) is 29.9. The largest absolute Gasteiger partial charge is 0.497 e. The fourth-order valence-corrected chi connectivity index (χ4v) is 5.96. The van der Waals surface area contributed by atoms with Crippen LogP contribution in [-0.2, 0) is 20.4 Å². The molecule has 1 unspecified atom stereocenters. The topological polar surface area (TPSA) is 71.1 Å². The van der Waals surface area contributed by atoms with E-state index in [-0.39, 0.29) is 22.8 Å². The van der Waals surface area contributed by atoms with E-state index in [2.05, 4.69) is 63.2 Å². The molecule has 254 valence electrons. The molecule has 0 bridgehead atoms. The molecular weight excluding hydrogens is 612 g/mol. The van der Waals surface area contributed by atoms with E-state index in [1.54, 1.807) is 14.2 Å². The average Bonchev–Trinajstić information content (AvgIpc) is 3.09. The number of benzene rings is 5. The van der Waals surface area contributed by atoms with Crippen LogP contribution in [-0.4, -0.2) is 26.2 Å². The first kappa shape index (κ1) is 36.5. The molecule has 0 N–H and O–H groups in total. The van der Waals surface area contributed by atoms with E-state index in [0.717, 1.165) is 33.8 Å². The van der Waals surface area contributed by atoms with E-state index in [4.69, 9.17) is 18.9 Å². The van der Waals surface area contributed by atoms with Crippen molar-refractivity contribution in [1.82, 2.24) is 0 Å². The Hall–Kier alpha value is -5.36. The number of rotatable bonds is 9. The van der Waals surface area contributed by atoms with Crippen LogP contribution < -0.4 is 18.9 Å². The lowest BCUT2D eigenvalue weighted by molar-refractivity contribution is -0.132. The summed E-state index contributed by atoms with van der Waals surface area (Å²) in [6.45, 7) is 13.4. The van der Waals surface area contributed by atoms with Crippen molar-refractivity contribution in [3.8, 4) is 23.0 Å². The quantitative estimate of drug-likeness (QED) is 0.0893. The second kappa shape index (κ2) is 15.7. The van der Waals surface area contributed by atoms with Gasteiger partial charge < -0.3 is 18.9 Å². The fraction of sp³-hybridized carbons (Fsp3) is 0.256. The molecule has 0 aliphatic rings. The van der Waals surface area contributed by atoms with Crippen LogP contribution >= 0.6 is 0 Å². The minimum absolute atomic E-state index is 0.156. The molecule has 6 heteroatoms. The van der Waals surface area contributed by atoms with Crippen LogP contribution in [0.4, 0.5) is 0 Å². The van der Waals surface area contributed by atoms with Gasteiger partial charge in [-0.05, 0) is 96.1 Å². The third-order valence-corrected chi connectivity index (χ3v) is 8.98. The lowest BCUT2D eigenvalue weighted by atomic mass is 9.71. The summed E-state index contributed by atoms with van der Waals surface area (Å²) < 4.78 is 21.0. The minimum atomic E-state index is -0.345. The van der Waals surface area contributed by atoms with Crippen LogP contribution in [0.5, 0.6) is 23.0 Å². The average molecular weight is 659 g/mol. The number of ether oxygens (including phenoxy) is 4. The van der Waals surface area contributed by atoms with Gasteiger partial charge in [-0.1, -0.05) is 92.7 Å². The van der Waals surface area contributed by atoms with Crippen molar-refractivity contribution in [2.45, 2.75) is 59.3 Å². The van der Waals surface area contributed by atoms with Gasteiger partial charge in [-0.2, -0.15) is 0 Å². The van der Waals surface area contributed by atoms with Gasteiger partial charge in [0.1, 0.15) is 23.0 Å². The molecule has 0 heterocycles. The van der Waals surface area contributed by atoms with E-state index < -0.39 is 0 Å². The molecule has 6 nitrogen and oxygen atoms in total. The van der Waals surface area contributed by atoms with Crippen molar-refractivity contribution in [2.75, 3.05) is 14.2 Å². The maximum absolute atomic E-state index is 11.2. The normalized spacial score (nSPS) is 12.1. The van der Waals surface area contributed by atoms with Crippen molar-refractivity contribution in [2.24, 2.45) is 0 Å². The van der Waals surface area contributed by atoms with Gasteiger partial charge in [0.05, 0.1) is 14.2 Å². The Morgan fingerprint density at radius 1 is 0.490 bits per heavy atom. The number of aryl methyl sites for hydroxylation is 2. The molecule has 0 saturated heterocycles. The van der Waals surface area contributed by atoms with E-state index in [1.807, 2.05) is 86.6 Å². The second-order valence-electron chi connectivity index (χ2n) is 12.7. The number of esters is 2. The molecule has 0 fully saturated rings. The molecule has 5 rings (SSSR count). The molecule has 0 spiro atoms. The first-order chi connectivity index (χ1) is 23.3. The Balaban J connectivity index is 0.000000223. The maximum atomic E-state index is 11.2. The standard InChI is InChI=1S/C23H22O3.C20H24O3/c1-17(24)26-22-15-11-20(12-16-22)23(2,18-7-5-4-6-8-18)19-9-13-21(25-3)14-10-19;1-13-11-16(7-9-18(13)22-6)20(4,5)17-8-10-19(14(2)12-17)23-15(3)21/h4-16H,1-3H3;7-12H,1-6H3. The van der Waals surface area contributed by atoms with Gasteiger partial charge in [0.15, 0.2) is 0 Å². The third kappa shape index (κ3) is 8.57. The zero-order chi connectivity index (χ0) is 35.8. The molecule has 0 aliphatic heterocycles. The molecule has 5 aromatic rings. The smallest absolute Gasteiger partial charge is 0.308 e. The van der Waals surface area contributed by atoms with Gasteiger partial charge in [-0.3, -0.25) is 9.59 Å². The van der Waals surface area contributed by atoms with Gasteiger partial charge in [-0.15, -0.1) is 0 Å². The molecular formula is C43H46O6. The van der Waals surface area contributed by atoms with Crippen molar-refractivity contribution < 1.29 is 28.5 Å². The molecule has 0 radical (unpaired) electrons. The number of hydrogen-bond acceptors (Lipinski definition) is 6. The van der Waals surface area contributed by atoms with Gasteiger partial charge in [-0.25, -0.2) is 0 Å². The maximum Gasteiger partial charge on any atom is 0.308 e. The number of hydrogen-bond donors (Lipinski definition) is 0. The van der Waals surface area contributed by atoms with E-state index in [0.29, 0.717) is 11.5 Å². The first-order valence-electron chi connectivity index (χ1n) is 16.2. The summed E-state index contributed by atoms with van der Waals surface area (Å²) >= 11 is 0. The van der Waals surface area contributed by atoms with Crippen molar-refractivity contribution in [3.05, 3.63) is 154 Å². The van der Waals surface area contributed by atoms with Crippen molar-refractivity contribution >= 4 is 11.9 Å². The molecule has 0 aliphatic carbocycles. The monoisotopic (exact) mass is 658 g/mol. The summed E-state index contributed by atoms with van der Waals surface area (Å²) in [5.41, 5.74) is 7.42. The first-order valence-corrected chi connectivity index (χ1v) is 16.2. The van der Waals surface area contributed by atoms with Gasteiger partial charge in [0.2, 0.25) is 0 Å². The third-order valence-electron chi connectivity index (χ3n) is 8.98. The summed E-state index contributed by atoms with van der Waals surface area (Å²) in [5, 5.41) is 0. The highest BCUT2D eigenvalue weighted by atomic mass is 16.5. The highest BCUT2D eigenvalue weighted by Crippen LogP contribution is 2.40. The fourth-order valence-electron chi connectivity index (χ4n) is 5.96. The van der Waals surface area contributed by atoms with Crippen LogP contribution in [0.25, 0.3) is 0 Å². The Bertz CT molecular complexity index is 1880. The predicted molar refractivity (Wildman–Crippen MR) is 195 cm³/mol. The lowest BCUT2D eigenvalue weighted by Crippen LogP contribution is -2.25. The Kier molecular flexibility index (Phi) is 11.7. The summed E-state index contributed by atoms with van der Waals surface area (Å²) in [4.78, 5) is 22.3. The van der Waals surface area contributed by atoms with E-state index in [9.17, 15) is 9.59 Å². The van der Waals surface area contributed by atoms with Crippen molar-refractivity contribution in [3.63, 3.8) is 0 Å². The van der Waals surface area contributed by atoms with Gasteiger partial charge >= 0.3 is 11.9 Å². The molecule has 0 aromatic heterocycles. The van der Waals surface area contributed by atoms with Crippen LogP contribution in [0.15, 0.2) is 115 Å². The predicted octanol–water partition coefficient (Wildman–Crippen LogP) is 9.54. The van der Waals surface area contributed by atoms with Crippen LogP contribution in [0.3, 0.4) is 0 Å². The Morgan fingerprint density at radius 3 is 1.35 bits per heavy atom. The molecule has 49 heavy (non-hydrogen) atoms. The van der Waals surface area contributed by atoms with Crippen molar-refractivity contribution in [1.29, 1.82) is 0 Å². The van der Waals surface area contributed by atoms with E-state index in [1.165, 1.54) is 30.5 Å². The van der Waals surface area contributed by atoms with Gasteiger partial charge in [0.25, 0.3) is 0 Å². The van der Waals surface area contributed by atoms with Crippen LogP contribution in [0.1, 0.15) is 73.6 Å². The zero-order valence-electron chi connectivity index (χ0n) is 29.9. The summed E-state index contributed by atoms with van der Waals surface area (Å²) in [6.07, 6.45) is 0. The summed E-state index contributed by atoms with van der Waals surface area (Å²) in [6, 6.07) is 38.4. The number of methoxy groups -OCH3 is 2. The number of carbonyl (C=O) groups is 2. The second-order valence-corrected chi connectivity index (χ2v) is 12.7. The SMILES string of the molecule is COc1ccc(C(C)(C)c2ccc(OC(C)=O)c(C)c2)cc1C.COc1ccc(C(C)(c2ccccc2)c2ccc(OC(C)=O)cc2)cc1. The Labute approximate surface area is 290 Å². The van der Waals surface area contributed by atoms with E-state index >= 15 is 0 Å². The Morgan fingerprint density at radius 2 is 0.918 bits per heavy atom. The molecule has 0 saturated carbocycles. The molecule has 0 amide bonds. The molecule has 5 aromatic carbocycles. The lowest BCUT2D eigenvalue weighted by Gasteiger charge is -2.32. The highest BCUT2D eigenvalue weighted by molar-refractivity contribution is 5.70. The minimum Gasteiger partial charge on any atom is -0.497 e. The van der Waals surface area contributed by atoms with Crippen LogP contribution in [0, 0.1) is 13.8 Å². The van der Waals surface area contributed by atoms with Crippen LogP contribution in [0.2, 0.25) is 0 Å². The summed E-state index contributed by atoms with van der Waals surface area (Å²) in [7, 11) is 3.35. The number of carbonyl (C=O) groups excluding carboxylic acids is 2. The van der Waals surface area contributed by atoms with Gasteiger partial charge in [0, 0.05) is 24.7 Å². The highest BCUT2D eigenvalue weighted by Gasteiger charge is 2.31. The molecule has 1 atom stereocenters. The summed E-state index contributed by atoms with van der Waals surface area (Å²) in [5.74, 6) is 2.26.